The summed E-state index contributed by atoms with van der Waals surface area (Å²) in [7, 11) is 0. The molecule has 172 valence electrons. The lowest BCUT2D eigenvalue weighted by molar-refractivity contribution is -0.131. The molecule has 1 aliphatic rings. The van der Waals surface area contributed by atoms with Gasteiger partial charge in [-0.3, -0.25) is 9.59 Å². The van der Waals surface area contributed by atoms with Gasteiger partial charge in [0.1, 0.15) is 5.75 Å². The number of amides is 2. The van der Waals surface area contributed by atoms with E-state index in [9.17, 15) is 9.59 Å². The minimum atomic E-state index is -0.337. The van der Waals surface area contributed by atoms with Gasteiger partial charge in [-0.2, -0.15) is 0 Å². The second-order valence-corrected chi connectivity index (χ2v) is 8.93. The maximum absolute atomic E-state index is 12.6. The van der Waals surface area contributed by atoms with E-state index >= 15 is 0 Å². The van der Waals surface area contributed by atoms with Gasteiger partial charge in [-0.25, -0.2) is 0 Å². The van der Waals surface area contributed by atoms with E-state index < -0.39 is 0 Å². The number of ether oxygens (including phenoxy) is 1. The predicted molar refractivity (Wildman–Crippen MR) is 130 cm³/mol. The molecular formula is C23H26Cl3N3O3. The number of rotatable bonds is 7. The average molecular weight is 499 g/mol. The van der Waals surface area contributed by atoms with Crippen LogP contribution >= 0.6 is 34.8 Å². The lowest BCUT2D eigenvalue weighted by Crippen LogP contribution is -2.49. The van der Waals surface area contributed by atoms with Crippen molar-refractivity contribution in [1.29, 1.82) is 0 Å². The van der Waals surface area contributed by atoms with Gasteiger partial charge in [0, 0.05) is 42.6 Å². The molecule has 0 unspecified atom stereocenters. The third-order valence-electron chi connectivity index (χ3n) is 5.21. The van der Waals surface area contributed by atoms with Crippen LogP contribution in [-0.4, -0.2) is 49.5 Å². The molecule has 1 N–H and O–H groups in total. The minimum Gasteiger partial charge on any atom is -0.482 e. The fourth-order valence-corrected chi connectivity index (χ4v) is 4.47. The van der Waals surface area contributed by atoms with Gasteiger partial charge in [0.15, 0.2) is 6.61 Å². The molecule has 0 aliphatic carbocycles. The first-order chi connectivity index (χ1) is 15.3. The van der Waals surface area contributed by atoms with Crippen LogP contribution in [0.15, 0.2) is 30.3 Å². The Morgan fingerprint density at radius 1 is 1.03 bits per heavy atom. The van der Waals surface area contributed by atoms with Crippen molar-refractivity contribution < 1.29 is 14.3 Å². The highest BCUT2D eigenvalue weighted by atomic mass is 35.5. The van der Waals surface area contributed by atoms with Crippen molar-refractivity contribution in [2.75, 3.05) is 43.0 Å². The Labute approximate surface area is 203 Å². The lowest BCUT2D eigenvalue weighted by Gasteiger charge is -2.37. The highest BCUT2D eigenvalue weighted by Crippen LogP contribution is 2.33. The Kier molecular flexibility index (Phi) is 8.51. The van der Waals surface area contributed by atoms with Gasteiger partial charge in [0.25, 0.3) is 5.91 Å². The monoisotopic (exact) mass is 497 g/mol. The van der Waals surface area contributed by atoms with Crippen LogP contribution in [0.4, 0.5) is 11.4 Å². The molecule has 1 fully saturated rings. The molecule has 9 heteroatoms. The molecule has 2 amide bonds. The van der Waals surface area contributed by atoms with Gasteiger partial charge >= 0.3 is 0 Å². The van der Waals surface area contributed by atoms with Crippen LogP contribution < -0.4 is 15.0 Å². The molecule has 0 atom stereocenters. The maximum atomic E-state index is 12.6. The number of carbonyl (C=O) groups excluding carboxylic acids is 2. The van der Waals surface area contributed by atoms with Crippen LogP contribution in [0.5, 0.6) is 5.75 Å². The lowest BCUT2D eigenvalue weighted by atomic mass is 10.2. The predicted octanol–water partition coefficient (Wildman–Crippen LogP) is 5.42. The molecule has 3 rings (SSSR count). The summed E-state index contributed by atoms with van der Waals surface area (Å²) in [5, 5.41) is 4.25. The number of nitrogens with zero attached hydrogens (tertiary/aromatic N) is 2. The quantitative estimate of drug-likeness (QED) is 0.553. The summed E-state index contributed by atoms with van der Waals surface area (Å²) >= 11 is 18.4. The molecule has 2 aromatic carbocycles. The van der Waals surface area contributed by atoms with Crippen molar-refractivity contribution in [2.45, 2.75) is 26.7 Å². The molecular weight excluding hydrogens is 473 g/mol. The van der Waals surface area contributed by atoms with Crippen LogP contribution in [0.3, 0.4) is 0 Å². The van der Waals surface area contributed by atoms with E-state index in [0.717, 1.165) is 17.7 Å². The number of piperazine rings is 1. The molecule has 0 bridgehead atoms. The summed E-state index contributed by atoms with van der Waals surface area (Å²) in [5.74, 6) is 0.270. The Hall–Kier alpha value is -2.15. The molecule has 0 spiro atoms. The zero-order chi connectivity index (χ0) is 23.3. The van der Waals surface area contributed by atoms with Crippen LogP contribution in [0.1, 0.15) is 25.3 Å². The maximum Gasteiger partial charge on any atom is 0.262 e. The van der Waals surface area contributed by atoms with Crippen molar-refractivity contribution in [2.24, 2.45) is 0 Å². The number of anilines is 2. The van der Waals surface area contributed by atoms with Crippen LogP contribution in [0.2, 0.25) is 15.1 Å². The Morgan fingerprint density at radius 3 is 2.41 bits per heavy atom. The van der Waals surface area contributed by atoms with E-state index in [2.05, 4.69) is 10.2 Å². The number of carbonyl (C=O) groups is 2. The second kappa shape index (κ2) is 11.1. The van der Waals surface area contributed by atoms with Crippen molar-refractivity contribution >= 4 is 58.0 Å². The molecule has 1 heterocycles. The molecule has 32 heavy (non-hydrogen) atoms. The SMILES string of the molecule is CCCC(=O)N1CCN(c2ccc(Cl)cc2NC(=O)COc2c(C)cc(Cl)cc2Cl)CC1. The molecule has 1 aliphatic heterocycles. The molecule has 0 radical (unpaired) electrons. The van der Waals surface area contributed by atoms with E-state index in [1.807, 2.05) is 24.8 Å². The molecule has 2 aromatic rings. The van der Waals surface area contributed by atoms with Gasteiger partial charge in [-0.15, -0.1) is 0 Å². The molecule has 6 nitrogen and oxygen atoms in total. The van der Waals surface area contributed by atoms with Gasteiger partial charge in [-0.1, -0.05) is 41.7 Å². The first-order valence-corrected chi connectivity index (χ1v) is 11.6. The van der Waals surface area contributed by atoms with Crippen LogP contribution in [-0.2, 0) is 9.59 Å². The summed E-state index contributed by atoms with van der Waals surface area (Å²) in [6.45, 7) is 6.24. The first-order valence-electron chi connectivity index (χ1n) is 10.5. The largest absolute Gasteiger partial charge is 0.482 e. The van der Waals surface area contributed by atoms with Crippen molar-refractivity contribution in [3.63, 3.8) is 0 Å². The fourth-order valence-electron chi connectivity index (χ4n) is 3.65. The third kappa shape index (κ3) is 6.21. The number of hydrogen-bond acceptors (Lipinski definition) is 4. The van der Waals surface area contributed by atoms with Gasteiger partial charge < -0.3 is 19.9 Å². The third-order valence-corrected chi connectivity index (χ3v) is 5.95. The topological polar surface area (TPSA) is 61.9 Å². The van der Waals surface area contributed by atoms with Crippen molar-refractivity contribution in [1.82, 2.24) is 4.90 Å². The zero-order valence-electron chi connectivity index (χ0n) is 18.1. The summed E-state index contributed by atoms with van der Waals surface area (Å²) < 4.78 is 5.64. The van der Waals surface area contributed by atoms with E-state index in [0.29, 0.717) is 59.1 Å². The van der Waals surface area contributed by atoms with Gasteiger partial charge in [-0.05, 0) is 49.2 Å². The van der Waals surface area contributed by atoms with E-state index in [4.69, 9.17) is 39.5 Å². The highest BCUT2D eigenvalue weighted by Gasteiger charge is 2.23. The Bertz CT molecular complexity index is 969. The summed E-state index contributed by atoms with van der Waals surface area (Å²) in [6, 6.07) is 8.67. The highest BCUT2D eigenvalue weighted by molar-refractivity contribution is 6.35. The van der Waals surface area contributed by atoms with Gasteiger partial charge in [0.05, 0.1) is 16.4 Å². The molecule has 0 saturated carbocycles. The van der Waals surface area contributed by atoms with Crippen molar-refractivity contribution in [3.8, 4) is 5.75 Å². The fraction of sp³-hybridized carbons (Fsp3) is 0.391. The zero-order valence-corrected chi connectivity index (χ0v) is 20.4. The summed E-state index contributed by atoms with van der Waals surface area (Å²) in [6.07, 6.45) is 1.41. The first kappa shape index (κ1) is 24.5. The van der Waals surface area contributed by atoms with Crippen LogP contribution in [0.25, 0.3) is 0 Å². The van der Waals surface area contributed by atoms with E-state index in [1.165, 1.54) is 0 Å². The van der Waals surface area contributed by atoms with Gasteiger partial charge in [0.2, 0.25) is 5.91 Å². The summed E-state index contributed by atoms with van der Waals surface area (Å²) in [5.41, 5.74) is 2.19. The number of hydrogen-bond donors (Lipinski definition) is 1. The number of benzene rings is 2. The smallest absolute Gasteiger partial charge is 0.262 e. The standard InChI is InChI=1S/C23H26Cl3N3O3/c1-3-4-22(31)29-9-7-28(8-10-29)20-6-5-16(24)13-19(20)27-21(30)14-32-23-15(2)11-17(25)12-18(23)26/h5-6,11-13H,3-4,7-10,14H2,1-2H3,(H,27,30). The second-order valence-electron chi connectivity index (χ2n) is 7.65. The number of halogens is 3. The number of nitrogens with one attached hydrogen (secondary N) is 1. The Balaban J connectivity index is 1.65. The van der Waals surface area contributed by atoms with E-state index in [1.54, 1.807) is 24.3 Å². The van der Waals surface area contributed by atoms with Crippen molar-refractivity contribution in [3.05, 3.63) is 51.0 Å². The Morgan fingerprint density at radius 2 is 1.75 bits per heavy atom. The van der Waals surface area contributed by atoms with E-state index in [-0.39, 0.29) is 18.4 Å². The summed E-state index contributed by atoms with van der Waals surface area (Å²) in [4.78, 5) is 28.8. The van der Waals surface area contributed by atoms with Crippen LogP contribution in [0, 0.1) is 6.92 Å². The molecule has 0 aromatic heterocycles. The molecule has 1 saturated heterocycles. The number of aryl methyl sites for hydroxylation is 1. The minimum absolute atomic E-state index is 0.185. The average Bonchev–Trinajstić information content (AvgIpc) is 2.73. The normalized spacial score (nSPS) is 13.8.